The number of hydrazine groups is 1. The number of rotatable bonds is 23. The molecule has 0 aliphatic heterocycles. The number of aromatic nitrogens is 2. The molecule has 0 atom stereocenters. The van der Waals surface area contributed by atoms with Gasteiger partial charge in [0.2, 0.25) is 5.13 Å². The third kappa shape index (κ3) is 15.6. The number of amides is 2. The van der Waals surface area contributed by atoms with Gasteiger partial charge in [0.05, 0.1) is 27.8 Å². The van der Waals surface area contributed by atoms with E-state index in [1.807, 2.05) is 0 Å². The molecule has 0 spiro atoms. The smallest absolute Gasteiger partial charge is 0.338 e. The van der Waals surface area contributed by atoms with Crippen LogP contribution in [0.1, 0.15) is 120 Å². The summed E-state index contributed by atoms with van der Waals surface area (Å²) in [7, 11) is -3.74. The van der Waals surface area contributed by atoms with Crippen LogP contribution in [-0.2, 0) is 14.8 Å². The van der Waals surface area contributed by atoms with Gasteiger partial charge in [-0.25, -0.2) is 23.4 Å². The van der Waals surface area contributed by atoms with Crippen LogP contribution in [0.25, 0.3) is 6.08 Å². The number of nitrogens with one attached hydrogen (secondary N) is 4. The van der Waals surface area contributed by atoms with Crippen LogP contribution in [0.15, 0.2) is 59.1 Å². The largest absolute Gasteiger partial charge is 0.462 e. The molecule has 14 heteroatoms. The standard InChI is InChI=1S/C35H49ClN6O5S2/c1-3-4-5-6-7-8-9-10-11-12-13-14-15-19-24-47-33(43)28-22-23-30(36)31(26-28)37-34(44)39-40-35-38-32(41-48-35)25-27(2)42-49(45,46)29-20-17-16-18-21-29/h16-18,20-23,25-26,42H,3-15,19,24H2,1-2H3,(H2,37,39,44)(H,38,40,41). The Morgan fingerprint density at radius 1 is 0.878 bits per heavy atom. The fraction of sp³-hybridized carbons (Fsp3) is 0.486. The second-order valence-electron chi connectivity index (χ2n) is 11.8. The van der Waals surface area contributed by atoms with Gasteiger partial charge in [-0.3, -0.25) is 10.1 Å². The van der Waals surface area contributed by atoms with Gasteiger partial charge in [-0.05, 0) is 43.7 Å². The Kier molecular flexibility index (Phi) is 17.9. The van der Waals surface area contributed by atoms with E-state index in [0.29, 0.717) is 12.3 Å². The van der Waals surface area contributed by atoms with Crippen LogP contribution in [0, 0.1) is 0 Å². The van der Waals surface area contributed by atoms with Crippen molar-refractivity contribution in [2.24, 2.45) is 0 Å². The van der Waals surface area contributed by atoms with Crippen molar-refractivity contribution in [1.82, 2.24) is 19.5 Å². The quantitative estimate of drug-likeness (QED) is 0.0428. The summed E-state index contributed by atoms with van der Waals surface area (Å²) in [5.41, 5.74) is 5.89. The Balaban J connectivity index is 1.32. The van der Waals surface area contributed by atoms with Gasteiger partial charge < -0.3 is 10.1 Å². The Morgan fingerprint density at radius 2 is 1.49 bits per heavy atom. The van der Waals surface area contributed by atoms with E-state index in [1.54, 1.807) is 31.2 Å². The maximum Gasteiger partial charge on any atom is 0.338 e. The predicted octanol–water partition coefficient (Wildman–Crippen LogP) is 9.32. The number of anilines is 2. The summed E-state index contributed by atoms with van der Waals surface area (Å²) in [4.78, 5) is 29.5. The molecule has 0 fully saturated rings. The second kappa shape index (κ2) is 22.1. The molecule has 11 nitrogen and oxygen atoms in total. The van der Waals surface area contributed by atoms with E-state index >= 15 is 0 Å². The molecule has 0 unspecified atom stereocenters. The molecule has 0 aliphatic carbocycles. The summed E-state index contributed by atoms with van der Waals surface area (Å²) in [6, 6.07) is 11.9. The molecule has 0 radical (unpaired) electrons. The summed E-state index contributed by atoms with van der Waals surface area (Å²) in [6.07, 6.45) is 19.0. The summed E-state index contributed by atoms with van der Waals surface area (Å²) >= 11 is 7.21. The highest BCUT2D eigenvalue weighted by Gasteiger charge is 2.15. The van der Waals surface area contributed by atoms with Crippen molar-refractivity contribution < 1.29 is 22.7 Å². The summed E-state index contributed by atoms with van der Waals surface area (Å²) < 4.78 is 37.1. The number of ether oxygens (including phenoxy) is 1. The minimum absolute atomic E-state index is 0.134. The van der Waals surface area contributed by atoms with Crippen molar-refractivity contribution in [2.75, 3.05) is 17.3 Å². The number of carbonyl (C=O) groups excluding carboxylic acids is 2. The van der Waals surface area contributed by atoms with E-state index < -0.39 is 22.0 Å². The fourth-order valence-corrected chi connectivity index (χ4v) is 6.78. The fourth-order valence-electron chi connectivity index (χ4n) is 4.99. The molecule has 2 amide bonds. The van der Waals surface area contributed by atoms with E-state index in [2.05, 4.69) is 37.2 Å². The first kappa shape index (κ1) is 39.8. The highest BCUT2D eigenvalue weighted by molar-refractivity contribution is 7.89. The average molecular weight is 733 g/mol. The molecule has 3 aromatic rings. The first-order chi connectivity index (χ1) is 23.7. The van der Waals surface area contributed by atoms with Gasteiger partial charge in [0.15, 0.2) is 5.82 Å². The molecule has 0 saturated heterocycles. The number of esters is 1. The van der Waals surface area contributed by atoms with Crippen LogP contribution in [0.3, 0.4) is 0 Å². The lowest BCUT2D eigenvalue weighted by Gasteiger charge is -2.11. The lowest BCUT2D eigenvalue weighted by atomic mass is 10.0. The van der Waals surface area contributed by atoms with Crippen LogP contribution in [0.2, 0.25) is 5.02 Å². The normalized spacial score (nSPS) is 11.6. The molecule has 1 heterocycles. The number of carbonyl (C=O) groups is 2. The van der Waals surface area contributed by atoms with Crippen molar-refractivity contribution in [1.29, 1.82) is 0 Å². The zero-order chi connectivity index (χ0) is 35.3. The van der Waals surface area contributed by atoms with E-state index in [0.717, 1.165) is 30.8 Å². The first-order valence-corrected chi connectivity index (χ1v) is 19.7. The third-order valence-corrected chi connectivity index (χ3v) is 10.1. The van der Waals surface area contributed by atoms with Crippen LogP contribution in [0.4, 0.5) is 15.6 Å². The average Bonchev–Trinajstić information content (AvgIpc) is 3.53. The van der Waals surface area contributed by atoms with Crippen molar-refractivity contribution in [2.45, 2.75) is 109 Å². The summed E-state index contributed by atoms with van der Waals surface area (Å²) in [5.74, 6) is -0.241. The van der Waals surface area contributed by atoms with Gasteiger partial charge in [-0.15, -0.1) is 0 Å². The second-order valence-corrected chi connectivity index (χ2v) is 14.7. The number of urea groups is 1. The highest BCUT2D eigenvalue weighted by atomic mass is 35.5. The van der Waals surface area contributed by atoms with Crippen molar-refractivity contribution in [3.63, 3.8) is 0 Å². The molecular weight excluding hydrogens is 684 g/mol. The number of halogens is 1. The molecule has 2 aromatic carbocycles. The Hall–Kier alpha value is -3.68. The van der Waals surface area contributed by atoms with E-state index in [4.69, 9.17) is 16.3 Å². The van der Waals surface area contributed by atoms with Crippen LogP contribution >= 0.6 is 23.1 Å². The Bertz CT molecular complexity index is 1580. The first-order valence-electron chi connectivity index (χ1n) is 17.1. The molecule has 0 aliphatic rings. The van der Waals surface area contributed by atoms with Crippen LogP contribution in [0.5, 0.6) is 0 Å². The Morgan fingerprint density at radius 3 is 2.12 bits per heavy atom. The topological polar surface area (TPSA) is 151 Å². The van der Waals surface area contributed by atoms with E-state index in [1.165, 1.54) is 101 Å². The molecular formula is C35H49ClN6O5S2. The molecule has 0 bridgehead atoms. The molecule has 3 rings (SSSR count). The van der Waals surface area contributed by atoms with Gasteiger partial charge in [0.25, 0.3) is 10.0 Å². The zero-order valence-electron chi connectivity index (χ0n) is 28.4. The molecule has 4 N–H and O–H groups in total. The number of nitrogens with zero attached hydrogens (tertiary/aromatic N) is 2. The minimum atomic E-state index is -3.74. The number of benzene rings is 2. The SMILES string of the molecule is CCCCCCCCCCCCCCCCOC(=O)c1ccc(Cl)c(NC(=O)NNc2nc(C=C(C)NS(=O)(=O)c3ccccc3)ns2)c1. The zero-order valence-corrected chi connectivity index (χ0v) is 30.8. The third-order valence-electron chi connectivity index (χ3n) is 7.60. The molecule has 268 valence electrons. The number of unbranched alkanes of at least 4 members (excludes halogenated alkanes) is 13. The van der Waals surface area contributed by atoms with Crippen LogP contribution in [-0.4, -0.2) is 36.4 Å². The predicted molar refractivity (Wildman–Crippen MR) is 198 cm³/mol. The minimum Gasteiger partial charge on any atom is -0.462 e. The maximum absolute atomic E-state index is 12.6. The van der Waals surface area contributed by atoms with E-state index in [-0.39, 0.29) is 32.1 Å². The van der Waals surface area contributed by atoms with E-state index in [9.17, 15) is 18.0 Å². The maximum atomic E-state index is 12.6. The molecule has 49 heavy (non-hydrogen) atoms. The van der Waals surface area contributed by atoms with Crippen molar-refractivity contribution in [3.8, 4) is 0 Å². The number of sulfonamides is 1. The number of hydrogen-bond acceptors (Lipinski definition) is 9. The lowest BCUT2D eigenvalue weighted by molar-refractivity contribution is 0.0497. The van der Waals surface area contributed by atoms with Crippen LogP contribution < -0.4 is 20.9 Å². The summed E-state index contributed by atoms with van der Waals surface area (Å²) in [6.45, 7) is 4.17. The van der Waals surface area contributed by atoms with Gasteiger partial charge in [0, 0.05) is 23.3 Å². The van der Waals surface area contributed by atoms with Crippen molar-refractivity contribution in [3.05, 3.63) is 70.6 Å². The summed E-state index contributed by atoms with van der Waals surface area (Å²) in [5, 5.41) is 3.10. The van der Waals surface area contributed by atoms with Gasteiger partial charge in [-0.1, -0.05) is 120 Å². The van der Waals surface area contributed by atoms with Gasteiger partial charge in [0.1, 0.15) is 0 Å². The highest BCUT2D eigenvalue weighted by Crippen LogP contribution is 2.24. The van der Waals surface area contributed by atoms with Gasteiger partial charge in [-0.2, -0.15) is 9.36 Å². The molecule has 1 aromatic heterocycles. The Labute approximate surface area is 299 Å². The molecule has 0 saturated carbocycles. The van der Waals surface area contributed by atoms with Gasteiger partial charge >= 0.3 is 12.0 Å². The number of allylic oxidation sites excluding steroid dienone is 1. The lowest BCUT2D eigenvalue weighted by Crippen LogP contribution is -2.33. The number of hydrogen-bond donors (Lipinski definition) is 4. The monoisotopic (exact) mass is 732 g/mol. The van der Waals surface area contributed by atoms with Crippen molar-refractivity contribution >= 4 is 62.1 Å².